The molecule has 3 rings (SSSR count). The van der Waals surface area contributed by atoms with E-state index in [0.717, 1.165) is 31.2 Å². The Labute approximate surface area is 161 Å². The monoisotopic (exact) mass is 390 g/mol. The van der Waals surface area contributed by atoms with Crippen molar-refractivity contribution in [3.05, 3.63) is 30.1 Å². The zero-order chi connectivity index (χ0) is 19.2. The fraction of sp³-hybridized carbons (Fsp3) is 0.474. The molecular formula is C19H23FN4O2S. The van der Waals surface area contributed by atoms with E-state index in [1.165, 1.54) is 23.5 Å². The maximum atomic E-state index is 13.0. The molecule has 0 radical (unpaired) electrons. The summed E-state index contributed by atoms with van der Waals surface area (Å²) in [6, 6.07) is 5.51. The Morgan fingerprint density at radius 3 is 2.78 bits per heavy atom. The van der Waals surface area contributed by atoms with Crippen LogP contribution in [-0.2, 0) is 9.59 Å². The highest BCUT2D eigenvalue weighted by Crippen LogP contribution is 2.27. The van der Waals surface area contributed by atoms with E-state index in [9.17, 15) is 14.0 Å². The van der Waals surface area contributed by atoms with Gasteiger partial charge in [0, 0.05) is 18.5 Å². The Hall–Kier alpha value is -2.35. The standard InChI is InChI=1S/C19H23FN4O2S/c1-2-3-4-7-16(25)24-12-5-6-15(24)17(26)21-19-23-22-18(27-19)13-8-10-14(20)11-9-13/h8-11,15H,2-7,12H2,1H3,(H,21,23,26). The van der Waals surface area contributed by atoms with Crippen molar-refractivity contribution in [1.29, 1.82) is 0 Å². The highest BCUT2D eigenvalue weighted by molar-refractivity contribution is 7.18. The lowest BCUT2D eigenvalue weighted by molar-refractivity contribution is -0.136. The number of amides is 2. The first-order valence-corrected chi connectivity index (χ1v) is 10.1. The number of benzene rings is 1. The molecule has 144 valence electrons. The van der Waals surface area contributed by atoms with E-state index in [1.54, 1.807) is 17.0 Å². The molecule has 0 saturated carbocycles. The lowest BCUT2D eigenvalue weighted by Crippen LogP contribution is -2.43. The van der Waals surface area contributed by atoms with Crippen LogP contribution < -0.4 is 5.32 Å². The van der Waals surface area contributed by atoms with Crippen LogP contribution in [0.4, 0.5) is 9.52 Å². The van der Waals surface area contributed by atoms with Crippen molar-refractivity contribution in [1.82, 2.24) is 15.1 Å². The fourth-order valence-corrected chi connectivity index (χ4v) is 3.93. The van der Waals surface area contributed by atoms with Crippen LogP contribution in [0.15, 0.2) is 24.3 Å². The minimum Gasteiger partial charge on any atom is -0.331 e. The van der Waals surface area contributed by atoms with Crippen LogP contribution in [0.1, 0.15) is 45.4 Å². The summed E-state index contributed by atoms with van der Waals surface area (Å²) in [5, 5.41) is 11.8. The number of aromatic nitrogens is 2. The average Bonchev–Trinajstić information content (AvgIpc) is 3.32. The molecular weight excluding hydrogens is 367 g/mol. The number of anilines is 1. The number of unbranched alkanes of at least 4 members (excludes halogenated alkanes) is 2. The van der Waals surface area contributed by atoms with Gasteiger partial charge in [-0.05, 0) is 43.5 Å². The van der Waals surface area contributed by atoms with Gasteiger partial charge in [0.2, 0.25) is 16.9 Å². The van der Waals surface area contributed by atoms with Crippen LogP contribution in [0.2, 0.25) is 0 Å². The minimum atomic E-state index is -0.447. The molecule has 0 spiro atoms. The van der Waals surface area contributed by atoms with Crippen molar-refractivity contribution in [3.63, 3.8) is 0 Å². The Morgan fingerprint density at radius 2 is 2.04 bits per heavy atom. The fourth-order valence-electron chi connectivity index (χ4n) is 3.18. The summed E-state index contributed by atoms with van der Waals surface area (Å²) in [4.78, 5) is 26.7. The molecule has 0 aliphatic carbocycles. The van der Waals surface area contributed by atoms with Gasteiger partial charge in [0.1, 0.15) is 16.9 Å². The van der Waals surface area contributed by atoms with E-state index >= 15 is 0 Å². The maximum absolute atomic E-state index is 13.0. The summed E-state index contributed by atoms with van der Waals surface area (Å²) in [6.07, 6.45) is 4.92. The first-order valence-electron chi connectivity index (χ1n) is 9.28. The maximum Gasteiger partial charge on any atom is 0.249 e. The molecule has 1 saturated heterocycles. The summed E-state index contributed by atoms with van der Waals surface area (Å²) >= 11 is 1.23. The van der Waals surface area contributed by atoms with Crippen LogP contribution in [-0.4, -0.2) is 39.5 Å². The number of hydrogen-bond acceptors (Lipinski definition) is 5. The van der Waals surface area contributed by atoms with Crippen molar-refractivity contribution in [3.8, 4) is 10.6 Å². The van der Waals surface area contributed by atoms with E-state index in [0.29, 0.717) is 29.5 Å². The van der Waals surface area contributed by atoms with Gasteiger partial charge in [-0.1, -0.05) is 31.1 Å². The molecule has 6 nitrogen and oxygen atoms in total. The van der Waals surface area contributed by atoms with Gasteiger partial charge >= 0.3 is 0 Å². The van der Waals surface area contributed by atoms with Gasteiger partial charge < -0.3 is 4.90 Å². The van der Waals surface area contributed by atoms with Crippen LogP contribution >= 0.6 is 11.3 Å². The molecule has 1 aromatic heterocycles. The summed E-state index contributed by atoms with van der Waals surface area (Å²) in [5.41, 5.74) is 0.739. The molecule has 1 unspecified atom stereocenters. The molecule has 1 atom stereocenters. The normalized spacial score (nSPS) is 16.5. The molecule has 0 bridgehead atoms. The van der Waals surface area contributed by atoms with Gasteiger partial charge in [0.25, 0.3) is 0 Å². The lowest BCUT2D eigenvalue weighted by Gasteiger charge is -2.23. The number of carbonyl (C=O) groups is 2. The van der Waals surface area contributed by atoms with E-state index in [2.05, 4.69) is 22.4 Å². The van der Waals surface area contributed by atoms with Gasteiger partial charge in [0.15, 0.2) is 0 Å². The highest BCUT2D eigenvalue weighted by atomic mass is 32.1. The second kappa shape index (κ2) is 9.03. The second-order valence-electron chi connectivity index (χ2n) is 6.61. The molecule has 27 heavy (non-hydrogen) atoms. The predicted octanol–water partition coefficient (Wildman–Crippen LogP) is 3.85. The summed E-state index contributed by atoms with van der Waals surface area (Å²) in [7, 11) is 0. The molecule has 1 N–H and O–H groups in total. The average molecular weight is 390 g/mol. The number of halogens is 1. The van der Waals surface area contributed by atoms with Crippen LogP contribution in [0.25, 0.3) is 10.6 Å². The Bertz CT molecular complexity index is 793. The molecule has 1 aromatic carbocycles. The van der Waals surface area contributed by atoms with Gasteiger partial charge in [-0.25, -0.2) is 4.39 Å². The first kappa shape index (κ1) is 19.4. The van der Waals surface area contributed by atoms with E-state index in [-0.39, 0.29) is 17.6 Å². The van der Waals surface area contributed by atoms with Gasteiger partial charge in [-0.2, -0.15) is 0 Å². The second-order valence-corrected chi connectivity index (χ2v) is 7.59. The summed E-state index contributed by atoms with van der Waals surface area (Å²) in [5.74, 6) is -0.495. The zero-order valence-corrected chi connectivity index (χ0v) is 16.1. The third-order valence-electron chi connectivity index (χ3n) is 4.62. The third kappa shape index (κ3) is 4.88. The summed E-state index contributed by atoms with van der Waals surface area (Å²) in [6.45, 7) is 2.72. The number of rotatable bonds is 7. The molecule has 1 fully saturated rings. The van der Waals surface area contributed by atoms with Crippen molar-refractivity contribution in [2.75, 3.05) is 11.9 Å². The van der Waals surface area contributed by atoms with Crippen molar-refractivity contribution < 1.29 is 14.0 Å². The van der Waals surface area contributed by atoms with Crippen molar-refractivity contribution >= 4 is 28.3 Å². The summed E-state index contributed by atoms with van der Waals surface area (Å²) < 4.78 is 13.0. The highest BCUT2D eigenvalue weighted by Gasteiger charge is 2.34. The van der Waals surface area contributed by atoms with Crippen LogP contribution in [0.3, 0.4) is 0 Å². The largest absolute Gasteiger partial charge is 0.331 e. The van der Waals surface area contributed by atoms with Crippen LogP contribution in [0.5, 0.6) is 0 Å². The Kier molecular flexibility index (Phi) is 6.49. The van der Waals surface area contributed by atoms with E-state index < -0.39 is 6.04 Å². The number of carbonyl (C=O) groups excluding carboxylic acids is 2. The van der Waals surface area contributed by atoms with Crippen LogP contribution in [0, 0.1) is 5.82 Å². The molecule has 1 aliphatic heterocycles. The SMILES string of the molecule is CCCCCC(=O)N1CCCC1C(=O)Nc1nnc(-c2ccc(F)cc2)s1. The third-order valence-corrected chi connectivity index (χ3v) is 5.50. The zero-order valence-electron chi connectivity index (χ0n) is 15.3. The number of nitrogens with zero attached hydrogens (tertiary/aromatic N) is 3. The number of nitrogens with one attached hydrogen (secondary N) is 1. The Balaban J connectivity index is 1.61. The topological polar surface area (TPSA) is 75.2 Å². The molecule has 8 heteroatoms. The molecule has 2 heterocycles. The Morgan fingerprint density at radius 1 is 1.26 bits per heavy atom. The first-order chi connectivity index (χ1) is 13.1. The van der Waals surface area contributed by atoms with E-state index in [1.807, 2.05) is 0 Å². The smallest absolute Gasteiger partial charge is 0.249 e. The quantitative estimate of drug-likeness (QED) is 0.729. The molecule has 2 aromatic rings. The molecule has 2 amide bonds. The van der Waals surface area contributed by atoms with Gasteiger partial charge in [-0.3, -0.25) is 14.9 Å². The van der Waals surface area contributed by atoms with E-state index in [4.69, 9.17) is 0 Å². The molecule has 1 aliphatic rings. The number of likely N-dealkylation sites (tertiary alicyclic amines) is 1. The minimum absolute atomic E-state index is 0.0466. The predicted molar refractivity (Wildman–Crippen MR) is 103 cm³/mol. The number of hydrogen-bond donors (Lipinski definition) is 1. The lowest BCUT2D eigenvalue weighted by atomic mass is 10.1. The van der Waals surface area contributed by atoms with Crippen molar-refractivity contribution in [2.45, 2.75) is 51.5 Å². The van der Waals surface area contributed by atoms with Gasteiger partial charge in [-0.15, -0.1) is 10.2 Å². The van der Waals surface area contributed by atoms with Gasteiger partial charge in [0.05, 0.1) is 0 Å². The van der Waals surface area contributed by atoms with Crippen molar-refractivity contribution in [2.24, 2.45) is 0 Å².